The first kappa shape index (κ1) is 26.5. The Labute approximate surface area is 196 Å². The zero-order chi connectivity index (χ0) is 24.1. The third-order valence-corrected chi connectivity index (χ3v) is 6.20. The van der Waals surface area contributed by atoms with Crippen molar-refractivity contribution < 1.29 is 27.6 Å². The number of ether oxygens (including phenoxy) is 1. The lowest BCUT2D eigenvalue weighted by molar-refractivity contribution is -0.131. The molecule has 0 bridgehead atoms. The van der Waals surface area contributed by atoms with Gasteiger partial charge in [-0.05, 0) is 50.0 Å². The fourth-order valence-electron chi connectivity index (χ4n) is 3.25. The highest BCUT2D eigenvalue weighted by Gasteiger charge is 2.19. The average molecular weight is 475 g/mol. The summed E-state index contributed by atoms with van der Waals surface area (Å²) in [4.78, 5) is 15.2. The highest BCUT2D eigenvalue weighted by Crippen LogP contribution is 2.21. The maximum Gasteiger partial charge on any atom is 0.328 e. The number of aromatic nitrogens is 1. The van der Waals surface area contributed by atoms with Gasteiger partial charge >= 0.3 is 5.97 Å². The Kier molecular flexibility index (Phi) is 11.1. The van der Waals surface area contributed by atoms with Crippen molar-refractivity contribution in [2.24, 2.45) is 0 Å². The molecule has 179 valence electrons. The summed E-state index contributed by atoms with van der Waals surface area (Å²) in [5, 5.41) is 7.77. The van der Waals surface area contributed by atoms with Gasteiger partial charge in [0.2, 0.25) is 0 Å². The molecular weight excluding hydrogens is 442 g/mol. The molecule has 1 aromatic heterocycles. The standard InChI is InChI=1S/C25H32NO6S/c1-20(33(29,30)31)19-22-14-16-24(23(26-22)15-17-25(27)28)32-18-10-5-3-2-4-7-11-21-12-8-6-9-13-21/h6,8-9,12-17,19-20H,2-5,7,10-11,18H2,1H3,(H,27,28)(H,29,30,31)/b17-15+. The van der Waals surface area contributed by atoms with E-state index in [0.29, 0.717) is 18.1 Å². The van der Waals surface area contributed by atoms with Gasteiger partial charge in [-0.2, -0.15) is 8.42 Å². The van der Waals surface area contributed by atoms with Crippen LogP contribution in [0, 0.1) is 6.42 Å². The summed E-state index contributed by atoms with van der Waals surface area (Å²) in [6, 6.07) is 13.7. The van der Waals surface area contributed by atoms with Gasteiger partial charge in [0.25, 0.3) is 10.1 Å². The lowest BCUT2D eigenvalue weighted by atomic mass is 10.1. The summed E-state index contributed by atoms with van der Waals surface area (Å²) in [6.45, 7) is 1.81. The minimum atomic E-state index is -4.23. The van der Waals surface area contributed by atoms with Gasteiger partial charge in [-0.25, -0.2) is 9.78 Å². The van der Waals surface area contributed by atoms with Crippen LogP contribution in [0.2, 0.25) is 0 Å². The zero-order valence-electron chi connectivity index (χ0n) is 18.9. The summed E-state index contributed by atoms with van der Waals surface area (Å²) in [6.07, 6.45) is 11.2. The van der Waals surface area contributed by atoms with Crippen molar-refractivity contribution in [3.05, 3.63) is 71.9 Å². The molecule has 0 fully saturated rings. The predicted octanol–water partition coefficient (Wildman–Crippen LogP) is 4.97. The summed E-state index contributed by atoms with van der Waals surface area (Å²) < 4.78 is 37.4. The fraction of sp³-hybridized carbons (Fsp3) is 0.400. The molecule has 2 aromatic rings. The highest BCUT2D eigenvalue weighted by atomic mass is 32.2. The Morgan fingerprint density at radius 1 is 1.03 bits per heavy atom. The average Bonchev–Trinajstić information content (AvgIpc) is 2.77. The first-order valence-electron chi connectivity index (χ1n) is 11.2. The molecular formula is C25H32NO6S. The van der Waals surface area contributed by atoms with E-state index in [9.17, 15) is 13.2 Å². The number of hydrogen-bond donors (Lipinski definition) is 2. The van der Waals surface area contributed by atoms with E-state index >= 15 is 0 Å². The van der Waals surface area contributed by atoms with E-state index in [0.717, 1.165) is 31.8 Å². The van der Waals surface area contributed by atoms with Crippen molar-refractivity contribution in [3.63, 3.8) is 0 Å². The molecule has 0 saturated heterocycles. The minimum absolute atomic E-state index is 0.287. The number of nitrogens with zero attached hydrogens (tertiary/aromatic N) is 1. The normalized spacial score (nSPS) is 12.7. The number of aliphatic carboxylic acids is 1. The maximum absolute atomic E-state index is 11.2. The van der Waals surface area contributed by atoms with Crippen LogP contribution in [-0.2, 0) is 21.3 Å². The number of benzene rings is 1. The molecule has 0 aliphatic rings. The third-order valence-electron chi connectivity index (χ3n) is 5.13. The summed E-state index contributed by atoms with van der Waals surface area (Å²) >= 11 is 0. The van der Waals surface area contributed by atoms with Crippen LogP contribution in [0.4, 0.5) is 0 Å². The quantitative estimate of drug-likeness (QED) is 0.213. The van der Waals surface area contributed by atoms with Crippen LogP contribution in [0.25, 0.3) is 6.08 Å². The molecule has 1 atom stereocenters. The van der Waals surface area contributed by atoms with Crippen LogP contribution in [-0.4, -0.2) is 40.9 Å². The molecule has 1 aromatic carbocycles. The van der Waals surface area contributed by atoms with Crippen LogP contribution in [0.5, 0.6) is 5.75 Å². The summed E-state index contributed by atoms with van der Waals surface area (Å²) in [7, 11) is -4.23. The molecule has 0 aliphatic heterocycles. The second-order valence-corrected chi connectivity index (χ2v) is 9.66. The molecule has 0 aliphatic carbocycles. The van der Waals surface area contributed by atoms with E-state index in [-0.39, 0.29) is 5.69 Å². The molecule has 2 N–H and O–H groups in total. The summed E-state index contributed by atoms with van der Waals surface area (Å²) in [5.41, 5.74) is 1.96. The topological polar surface area (TPSA) is 114 Å². The van der Waals surface area contributed by atoms with Gasteiger partial charge in [-0.3, -0.25) is 4.55 Å². The number of aryl methyl sites for hydroxylation is 1. The monoisotopic (exact) mass is 474 g/mol. The number of pyridine rings is 1. The van der Waals surface area contributed by atoms with E-state index in [1.807, 2.05) is 6.07 Å². The molecule has 2 rings (SSSR count). The first-order chi connectivity index (χ1) is 15.8. The number of carbonyl (C=O) groups is 1. The minimum Gasteiger partial charge on any atom is -0.491 e. The van der Waals surface area contributed by atoms with Crippen LogP contribution in [0.3, 0.4) is 0 Å². The molecule has 1 unspecified atom stereocenters. The van der Waals surface area contributed by atoms with Gasteiger partial charge in [0, 0.05) is 18.2 Å². The Morgan fingerprint density at radius 2 is 1.70 bits per heavy atom. The van der Waals surface area contributed by atoms with Crippen LogP contribution in [0.15, 0.2) is 48.5 Å². The fourth-order valence-corrected chi connectivity index (χ4v) is 3.57. The third kappa shape index (κ3) is 10.6. The van der Waals surface area contributed by atoms with E-state index < -0.39 is 21.3 Å². The second-order valence-electron chi connectivity index (χ2n) is 7.88. The van der Waals surface area contributed by atoms with E-state index in [1.54, 1.807) is 12.1 Å². The molecule has 0 saturated carbocycles. The van der Waals surface area contributed by atoms with E-state index in [1.165, 1.54) is 44.2 Å². The molecule has 8 heteroatoms. The predicted molar refractivity (Wildman–Crippen MR) is 129 cm³/mol. The lowest BCUT2D eigenvalue weighted by Crippen LogP contribution is -2.18. The SMILES string of the molecule is CC([CH]c1ccc(OCCCCCCCCc2ccccc2)c(/C=C/C(=O)O)n1)S(=O)(=O)O. The van der Waals surface area contributed by atoms with Crippen LogP contribution < -0.4 is 4.74 Å². The van der Waals surface area contributed by atoms with Crippen molar-refractivity contribution >= 4 is 22.2 Å². The van der Waals surface area contributed by atoms with Gasteiger partial charge in [-0.1, -0.05) is 56.0 Å². The van der Waals surface area contributed by atoms with Gasteiger partial charge in [0.1, 0.15) is 11.4 Å². The van der Waals surface area contributed by atoms with Crippen molar-refractivity contribution in [1.29, 1.82) is 0 Å². The molecule has 33 heavy (non-hydrogen) atoms. The Balaban J connectivity index is 1.77. The highest BCUT2D eigenvalue weighted by molar-refractivity contribution is 7.86. The number of hydrogen-bond acceptors (Lipinski definition) is 5. The van der Waals surface area contributed by atoms with Gasteiger partial charge in [0.15, 0.2) is 0 Å². The molecule has 7 nitrogen and oxygen atoms in total. The maximum atomic E-state index is 11.2. The van der Waals surface area contributed by atoms with Crippen molar-refractivity contribution in [1.82, 2.24) is 4.98 Å². The van der Waals surface area contributed by atoms with Gasteiger partial charge in [0.05, 0.1) is 11.9 Å². The number of unbranched alkanes of at least 4 members (excludes halogenated alkanes) is 5. The van der Waals surface area contributed by atoms with Gasteiger partial charge < -0.3 is 9.84 Å². The van der Waals surface area contributed by atoms with Crippen molar-refractivity contribution in [3.8, 4) is 5.75 Å². The molecule has 1 radical (unpaired) electrons. The van der Waals surface area contributed by atoms with Crippen LogP contribution in [0.1, 0.15) is 62.4 Å². The second kappa shape index (κ2) is 13.7. The Hall–Kier alpha value is -2.71. The molecule has 1 heterocycles. The number of carboxylic acid groups (broad SMARTS) is 1. The Bertz CT molecular complexity index is 1000. The smallest absolute Gasteiger partial charge is 0.328 e. The van der Waals surface area contributed by atoms with E-state index in [2.05, 4.69) is 29.2 Å². The largest absolute Gasteiger partial charge is 0.491 e. The first-order valence-corrected chi connectivity index (χ1v) is 12.7. The molecule has 0 spiro atoms. The summed E-state index contributed by atoms with van der Waals surface area (Å²) in [5.74, 6) is -0.706. The number of rotatable bonds is 15. The van der Waals surface area contributed by atoms with Crippen molar-refractivity contribution in [2.75, 3.05) is 6.61 Å². The van der Waals surface area contributed by atoms with Crippen LogP contribution >= 0.6 is 0 Å². The lowest BCUT2D eigenvalue weighted by Gasteiger charge is -2.12. The zero-order valence-corrected chi connectivity index (χ0v) is 19.7. The molecule has 0 amide bonds. The van der Waals surface area contributed by atoms with E-state index in [4.69, 9.17) is 14.4 Å². The van der Waals surface area contributed by atoms with Gasteiger partial charge in [-0.15, -0.1) is 0 Å². The van der Waals surface area contributed by atoms with Crippen molar-refractivity contribution in [2.45, 2.75) is 57.1 Å². The number of carboxylic acids is 1. The Morgan fingerprint density at radius 3 is 2.36 bits per heavy atom.